The zero-order chi connectivity index (χ0) is 13.1. The molecule has 5 nitrogen and oxygen atoms in total. The van der Waals surface area contributed by atoms with E-state index in [1.54, 1.807) is 12.4 Å². The van der Waals surface area contributed by atoms with Gasteiger partial charge in [-0.3, -0.25) is 9.89 Å². The SMILES string of the molecule is O=C(NCc1cn[nH]c1)c1ccc2c(c1)CNCC2. The van der Waals surface area contributed by atoms with E-state index in [1.807, 2.05) is 12.1 Å². The van der Waals surface area contributed by atoms with Gasteiger partial charge in [0.25, 0.3) is 5.91 Å². The van der Waals surface area contributed by atoms with Crippen molar-refractivity contribution in [2.75, 3.05) is 6.54 Å². The number of amides is 1. The molecule has 1 aromatic heterocycles. The molecule has 0 fully saturated rings. The van der Waals surface area contributed by atoms with Gasteiger partial charge in [-0.1, -0.05) is 6.07 Å². The van der Waals surface area contributed by atoms with Crippen LogP contribution in [0.2, 0.25) is 0 Å². The van der Waals surface area contributed by atoms with Crippen LogP contribution in [0.4, 0.5) is 0 Å². The number of rotatable bonds is 3. The van der Waals surface area contributed by atoms with Crippen LogP contribution in [0.5, 0.6) is 0 Å². The van der Waals surface area contributed by atoms with E-state index in [1.165, 1.54) is 11.1 Å². The number of hydrogen-bond donors (Lipinski definition) is 3. The van der Waals surface area contributed by atoms with E-state index >= 15 is 0 Å². The van der Waals surface area contributed by atoms with E-state index in [-0.39, 0.29) is 5.91 Å². The van der Waals surface area contributed by atoms with Crippen LogP contribution in [0.15, 0.2) is 30.6 Å². The number of nitrogens with one attached hydrogen (secondary N) is 3. The third-order valence-electron chi connectivity index (χ3n) is 3.36. The zero-order valence-corrected chi connectivity index (χ0v) is 10.6. The summed E-state index contributed by atoms with van der Waals surface area (Å²) in [6.45, 7) is 2.35. The Hall–Kier alpha value is -2.14. The molecule has 1 aliphatic rings. The van der Waals surface area contributed by atoms with E-state index in [2.05, 4.69) is 26.9 Å². The van der Waals surface area contributed by atoms with Crippen LogP contribution in [-0.2, 0) is 19.5 Å². The van der Waals surface area contributed by atoms with E-state index in [4.69, 9.17) is 0 Å². The summed E-state index contributed by atoms with van der Waals surface area (Å²) in [5, 5.41) is 12.8. The molecule has 98 valence electrons. The number of aromatic nitrogens is 2. The fraction of sp³-hybridized carbons (Fsp3) is 0.286. The summed E-state index contributed by atoms with van der Waals surface area (Å²) in [5.41, 5.74) is 4.24. The first kappa shape index (κ1) is 11.9. The number of hydrogen-bond acceptors (Lipinski definition) is 3. The largest absolute Gasteiger partial charge is 0.348 e. The van der Waals surface area contributed by atoms with Gasteiger partial charge in [-0.15, -0.1) is 0 Å². The summed E-state index contributed by atoms with van der Waals surface area (Å²) in [7, 11) is 0. The molecule has 0 aliphatic carbocycles. The van der Waals surface area contributed by atoms with Gasteiger partial charge in [0.2, 0.25) is 0 Å². The van der Waals surface area contributed by atoms with Crippen LogP contribution in [0, 0.1) is 0 Å². The Balaban J connectivity index is 1.69. The number of H-pyrrole nitrogens is 1. The predicted molar refractivity (Wildman–Crippen MR) is 71.6 cm³/mol. The Morgan fingerprint density at radius 1 is 1.37 bits per heavy atom. The Bertz CT molecular complexity index is 577. The average Bonchev–Trinajstić information content (AvgIpc) is 2.97. The molecule has 3 rings (SSSR count). The Morgan fingerprint density at radius 3 is 3.16 bits per heavy atom. The molecule has 0 saturated heterocycles. The van der Waals surface area contributed by atoms with E-state index in [0.717, 1.165) is 25.1 Å². The van der Waals surface area contributed by atoms with Crippen LogP contribution in [0.25, 0.3) is 0 Å². The fourth-order valence-electron chi connectivity index (χ4n) is 2.28. The molecule has 0 unspecified atom stereocenters. The smallest absolute Gasteiger partial charge is 0.251 e. The highest BCUT2D eigenvalue weighted by Gasteiger charge is 2.12. The third kappa shape index (κ3) is 2.66. The Morgan fingerprint density at radius 2 is 2.32 bits per heavy atom. The molecule has 2 aromatic rings. The summed E-state index contributed by atoms with van der Waals surface area (Å²) < 4.78 is 0. The highest BCUT2D eigenvalue weighted by Crippen LogP contribution is 2.15. The maximum atomic E-state index is 12.1. The predicted octanol–water partition coefficient (Wildman–Crippen LogP) is 0.985. The summed E-state index contributed by atoms with van der Waals surface area (Å²) in [6.07, 6.45) is 4.51. The molecule has 0 radical (unpaired) electrons. The molecule has 2 heterocycles. The van der Waals surface area contributed by atoms with Gasteiger partial charge in [0.05, 0.1) is 6.20 Å². The zero-order valence-electron chi connectivity index (χ0n) is 10.6. The van der Waals surface area contributed by atoms with Gasteiger partial charge in [0, 0.05) is 30.4 Å². The first-order valence-electron chi connectivity index (χ1n) is 6.41. The van der Waals surface area contributed by atoms with Crippen molar-refractivity contribution in [1.82, 2.24) is 20.8 Å². The van der Waals surface area contributed by atoms with Crippen molar-refractivity contribution >= 4 is 5.91 Å². The molecule has 1 amide bonds. The minimum Gasteiger partial charge on any atom is -0.348 e. The highest BCUT2D eigenvalue weighted by atomic mass is 16.1. The lowest BCUT2D eigenvalue weighted by Gasteiger charge is -2.17. The minimum atomic E-state index is -0.0467. The van der Waals surface area contributed by atoms with Crippen LogP contribution >= 0.6 is 0 Å². The van der Waals surface area contributed by atoms with Gasteiger partial charge in [-0.05, 0) is 36.2 Å². The van der Waals surface area contributed by atoms with Crippen LogP contribution in [0.1, 0.15) is 27.0 Å². The van der Waals surface area contributed by atoms with Gasteiger partial charge in [0.1, 0.15) is 0 Å². The van der Waals surface area contributed by atoms with Crippen LogP contribution in [-0.4, -0.2) is 22.6 Å². The summed E-state index contributed by atoms with van der Waals surface area (Å²) in [6, 6.07) is 5.93. The van der Waals surface area contributed by atoms with Gasteiger partial charge < -0.3 is 10.6 Å². The van der Waals surface area contributed by atoms with Crippen molar-refractivity contribution < 1.29 is 4.79 Å². The Kier molecular flexibility index (Phi) is 3.29. The second-order valence-electron chi connectivity index (χ2n) is 4.70. The highest BCUT2D eigenvalue weighted by molar-refractivity contribution is 5.94. The standard InChI is InChI=1S/C14H16N4O/c19-14(16-6-10-7-17-18-8-10)12-2-1-11-3-4-15-9-13(11)5-12/h1-2,5,7-8,15H,3-4,6,9H2,(H,16,19)(H,17,18). The molecule has 1 aromatic carbocycles. The quantitative estimate of drug-likeness (QED) is 0.767. The second-order valence-corrected chi connectivity index (χ2v) is 4.70. The number of carbonyl (C=O) groups excluding carboxylic acids is 1. The summed E-state index contributed by atoms with van der Waals surface area (Å²) >= 11 is 0. The second kappa shape index (κ2) is 5.24. The molecule has 0 spiro atoms. The van der Waals surface area contributed by atoms with Gasteiger partial charge >= 0.3 is 0 Å². The first-order valence-corrected chi connectivity index (χ1v) is 6.41. The fourth-order valence-corrected chi connectivity index (χ4v) is 2.28. The number of carbonyl (C=O) groups is 1. The summed E-state index contributed by atoms with van der Waals surface area (Å²) in [4.78, 5) is 12.1. The van der Waals surface area contributed by atoms with E-state index < -0.39 is 0 Å². The minimum absolute atomic E-state index is 0.0467. The topological polar surface area (TPSA) is 69.8 Å². The molecule has 0 atom stereocenters. The van der Waals surface area contributed by atoms with Crippen LogP contribution in [0.3, 0.4) is 0 Å². The van der Waals surface area contributed by atoms with Gasteiger partial charge in [-0.2, -0.15) is 5.10 Å². The molecular weight excluding hydrogens is 240 g/mol. The molecule has 0 saturated carbocycles. The summed E-state index contributed by atoms with van der Waals surface area (Å²) in [5.74, 6) is -0.0467. The maximum Gasteiger partial charge on any atom is 0.251 e. The average molecular weight is 256 g/mol. The van der Waals surface area contributed by atoms with Crippen molar-refractivity contribution in [2.24, 2.45) is 0 Å². The molecule has 1 aliphatic heterocycles. The van der Waals surface area contributed by atoms with Gasteiger partial charge in [-0.25, -0.2) is 0 Å². The van der Waals surface area contributed by atoms with Crippen molar-refractivity contribution in [1.29, 1.82) is 0 Å². The van der Waals surface area contributed by atoms with Gasteiger partial charge in [0.15, 0.2) is 0 Å². The molecule has 19 heavy (non-hydrogen) atoms. The first-order chi connectivity index (χ1) is 9.33. The Labute approximate surface area is 111 Å². The van der Waals surface area contributed by atoms with Crippen molar-refractivity contribution in [3.05, 3.63) is 52.8 Å². The maximum absolute atomic E-state index is 12.1. The van der Waals surface area contributed by atoms with E-state index in [0.29, 0.717) is 12.1 Å². The van der Waals surface area contributed by atoms with Crippen molar-refractivity contribution in [3.8, 4) is 0 Å². The monoisotopic (exact) mass is 256 g/mol. The molecular formula is C14H16N4O. The lowest BCUT2D eigenvalue weighted by molar-refractivity contribution is 0.0951. The van der Waals surface area contributed by atoms with Crippen molar-refractivity contribution in [2.45, 2.75) is 19.5 Å². The third-order valence-corrected chi connectivity index (χ3v) is 3.36. The van der Waals surface area contributed by atoms with Crippen LogP contribution < -0.4 is 10.6 Å². The van der Waals surface area contributed by atoms with E-state index in [9.17, 15) is 4.79 Å². The number of aromatic amines is 1. The van der Waals surface area contributed by atoms with Crippen molar-refractivity contribution in [3.63, 3.8) is 0 Å². The number of benzene rings is 1. The number of fused-ring (bicyclic) bond motifs is 1. The lowest BCUT2D eigenvalue weighted by Crippen LogP contribution is -2.26. The lowest BCUT2D eigenvalue weighted by atomic mass is 9.98. The molecule has 0 bridgehead atoms. The molecule has 5 heteroatoms. The molecule has 3 N–H and O–H groups in total. The normalized spacial score (nSPS) is 13.9. The number of nitrogens with zero attached hydrogens (tertiary/aromatic N) is 1.